The Balaban J connectivity index is 2.13. The molecule has 6 heteroatoms. The average Bonchev–Trinajstić information content (AvgIpc) is 2.48. The van der Waals surface area contributed by atoms with Crippen LogP contribution in [0, 0.1) is 0 Å². The molecular weight excluding hydrogens is 278 g/mol. The second kappa shape index (κ2) is 6.78. The number of carbonyl (C=O) groups excluding carboxylic acids is 1. The zero-order valence-electron chi connectivity index (χ0n) is 11.3. The Kier molecular flexibility index (Phi) is 4.81. The number of nitrogens with zero attached hydrogens (tertiary/aromatic N) is 1. The first kappa shape index (κ1) is 14.9. The molecule has 110 valence electrons. The van der Waals surface area contributed by atoms with Crippen LogP contribution in [0.4, 0.5) is 8.78 Å². The van der Waals surface area contributed by atoms with Gasteiger partial charge in [-0.25, -0.2) is 0 Å². The number of hydrogen-bond donors (Lipinski definition) is 1. The van der Waals surface area contributed by atoms with Crippen LogP contribution in [0.5, 0.6) is 5.75 Å². The monoisotopic (exact) mass is 292 g/mol. The molecule has 0 unspecified atom stereocenters. The van der Waals surface area contributed by atoms with E-state index in [9.17, 15) is 13.6 Å². The third-order valence-corrected chi connectivity index (χ3v) is 2.89. The Morgan fingerprint density at radius 1 is 1.19 bits per heavy atom. The van der Waals surface area contributed by atoms with Crippen LogP contribution in [-0.2, 0) is 0 Å². The smallest absolute Gasteiger partial charge is 0.387 e. The van der Waals surface area contributed by atoms with E-state index in [4.69, 9.17) is 0 Å². The van der Waals surface area contributed by atoms with Gasteiger partial charge in [-0.05, 0) is 25.1 Å². The first-order valence-electron chi connectivity index (χ1n) is 6.32. The zero-order valence-corrected chi connectivity index (χ0v) is 11.3. The van der Waals surface area contributed by atoms with Crippen molar-refractivity contribution < 1.29 is 18.3 Å². The molecule has 1 aromatic heterocycles. The van der Waals surface area contributed by atoms with Crippen molar-refractivity contribution in [2.45, 2.75) is 19.6 Å². The van der Waals surface area contributed by atoms with Crippen LogP contribution in [-0.4, -0.2) is 17.5 Å². The van der Waals surface area contributed by atoms with E-state index in [0.717, 1.165) is 0 Å². The maximum absolute atomic E-state index is 12.4. The van der Waals surface area contributed by atoms with E-state index >= 15 is 0 Å². The molecule has 2 aromatic rings. The molecule has 2 rings (SSSR count). The summed E-state index contributed by atoms with van der Waals surface area (Å²) in [5, 5.41) is 2.73. The predicted molar refractivity (Wildman–Crippen MR) is 73.2 cm³/mol. The number of amides is 1. The number of ether oxygens (including phenoxy) is 1. The lowest BCUT2D eigenvalue weighted by Crippen LogP contribution is -2.27. The summed E-state index contributed by atoms with van der Waals surface area (Å²) in [5.41, 5.74) is 0.935. The van der Waals surface area contributed by atoms with Gasteiger partial charge in [0.2, 0.25) is 0 Å². The van der Waals surface area contributed by atoms with Gasteiger partial charge >= 0.3 is 6.61 Å². The van der Waals surface area contributed by atoms with E-state index in [1.54, 1.807) is 37.3 Å². The van der Waals surface area contributed by atoms with Gasteiger partial charge in [-0.3, -0.25) is 9.78 Å². The number of benzene rings is 1. The first-order valence-corrected chi connectivity index (χ1v) is 6.32. The number of pyridine rings is 1. The molecule has 0 radical (unpaired) electrons. The Labute approximate surface area is 120 Å². The fourth-order valence-electron chi connectivity index (χ4n) is 1.90. The van der Waals surface area contributed by atoms with Crippen molar-refractivity contribution >= 4 is 5.91 Å². The minimum Gasteiger partial charge on any atom is -0.434 e. The van der Waals surface area contributed by atoms with Crippen molar-refractivity contribution in [3.05, 3.63) is 59.9 Å². The fourth-order valence-corrected chi connectivity index (χ4v) is 1.90. The molecule has 1 N–H and O–H groups in total. The Hall–Kier alpha value is -2.50. The molecule has 0 saturated heterocycles. The molecule has 1 amide bonds. The Morgan fingerprint density at radius 3 is 2.52 bits per heavy atom. The van der Waals surface area contributed by atoms with Crippen LogP contribution < -0.4 is 10.1 Å². The predicted octanol–water partition coefficient (Wildman–Crippen LogP) is 3.17. The van der Waals surface area contributed by atoms with Crippen LogP contribution in [0.25, 0.3) is 0 Å². The van der Waals surface area contributed by atoms with Gasteiger partial charge in [0.15, 0.2) is 0 Å². The topological polar surface area (TPSA) is 51.2 Å². The van der Waals surface area contributed by atoms with Crippen LogP contribution in [0.15, 0.2) is 48.8 Å². The number of alkyl halides is 2. The van der Waals surface area contributed by atoms with Crippen molar-refractivity contribution in [3.8, 4) is 5.75 Å². The Bertz CT molecular complexity index is 606. The molecule has 0 bridgehead atoms. The van der Waals surface area contributed by atoms with Gasteiger partial charge in [0.1, 0.15) is 5.75 Å². The summed E-state index contributed by atoms with van der Waals surface area (Å²) in [4.78, 5) is 15.9. The second-order valence-electron chi connectivity index (χ2n) is 4.35. The van der Waals surface area contributed by atoms with Crippen molar-refractivity contribution in [2.75, 3.05) is 0 Å². The van der Waals surface area contributed by atoms with Gasteiger partial charge in [0, 0.05) is 23.5 Å². The van der Waals surface area contributed by atoms with E-state index in [-0.39, 0.29) is 11.7 Å². The summed E-state index contributed by atoms with van der Waals surface area (Å²) in [6, 6.07) is 9.04. The molecule has 4 nitrogen and oxygen atoms in total. The molecule has 0 aliphatic rings. The number of aromatic nitrogens is 1. The SMILES string of the molecule is C[C@H](NC(=O)c1ccncc1)c1ccccc1OC(F)F. The Morgan fingerprint density at radius 2 is 1.86 bits per heavy atom. The van der Waals surface area contributed by atoms with E-state index in [0.29, 0.717) is 11.1 Å². The highest BCUT2D eigenvalue weighted by Crippen LogP contribution is 2.26. The summed E-state index contributed by atoms with van der Waals surface area (Å²) in [6.45, 7) is -1.21. The van der Waals surface area contributed by atoms with Gasteiger partial charge in [-0.2, -0.15) is 8.78 Å². The quantitative estimate of drug-likeness (QED) is 0.921. The van der Waals surface area contributed by atoms with Gasteiger partial charge in [-0.15, -0.1) is 0 Å². The van der Waals surface area contributed by atoms with Gasteiger partial charge in [0.25, 0.3) is 5.91 Å². The summed E-state index contributed by atoms with van der Waals surface area (Å²) in [7, 11) is 0. The fraction of sp³-hybridized carbons (Fsp3) is 0.200. The molecule has 0 fully saturated rings. The number of nitrogens with one attached hydrogen (secondary N) is 1. The molecular formula is C15H14F2N2O2. The van der Waals surface area contributed by atoms with Crippen LogP contribution in [0.1, 0.15) is 28.9 Å². The molecule has 1 heterocycles. The summed E-state index contributed by atoms with van der Waals surface area (Å²) >= 11 is 0. The summed E-state index contributed by atoms with van der Waals surface area (Å²) in [6.07, 6.45) is 3.01. The number of hydrogen-bond acceptors (Lipinski definition) is 3. The van der Waals surface area contributed by atoms with E-state index in [1.165, 1.54) is 18.5 Å². The lowest BCUT2D eigenvalue weighted by Gasteiger charge is -2.18. The highest BCUT2D eigenvalue weighted by Gasteiger charge is 2.16. The van der Waals surface area contributed by atoms with Crippen molar-refractivity contribution in [1.29, 1.82) is 0 Å². The first-order chi connectivity index (χ1) is 10.1. The summed E-state index contributed by atoms with van der Waals surface area (Å²) in [5.74, 6) is -0.258. The number of rotatable bonds is 5. The maximum Gasteiger partial charge on any atom is 0.387 e. The molecule has 21 heavy (non-hydrogen) atoms. The number of carbonyl (C=O) groups is 1. The van der Waals surface area contributed by atoms with Crippen LogP contribution >= 0.6 is 0 Å². The lowest BCUT2D eigenvalue weighted by molar-refractivity contribution is -0.0506. The highest BCUT2D eigenvalue weighted by atomic mass is 19.3. The van der Waals surface area contributed by atoms with E-state index in [1.807, 2.05) is 0 Å². The maximum atomic E-state index is 12.4. The average molecular weight is 292 g/mol. The van der Waals surface area contributed by atoms with Crippen LogP contribution in [0.3, 0.4) is 0 Å². The van der Waals surface area contributed by atoms with Crippen molar-refractivity contribution in [3.63, 3.8) is 0 Å². The van der Waals surface area contributed by atoms with Gasteiger partial charge in [0.05, 0.1) is 6.04 Å². The van der Waals surface area contributed by atoms with Crippen molar-refractivity contribution in [2.24, 2.45) is 0 Å². The number of para-hydroxylation sites is 1. The molecule has 0 saturated carbocycles. The minimum absolute atomic E-state index is 0.0510. The molecule has 0 aliphatic carbocycles. The third-order valence-electron chi connectivity index (χ3n) is 2.89. The second-order valence-corrected chi connectivity index (χ2v) is 4.35. The minimum atomic E-state index is -2.91. The van der Waals surface area contributed by atoms with Gasteiger partial charge in [-0.1, -0.05) is 18.2 Å². The number of halogens is 2. The van der Waals surface area contributed by atoms with Crippen LogP contribution in [0.2, 0.25) is 0 Å². The lowest BCUT2D eigenvalue weighted by atomic mass is 10.1. The molecule has 0 spiro atoms. The third kappa shape index (κ3) is 3.98. The molecule has 1 aromatic carbocycles. The molecule has 1 atom stereocenters. The van der Waals surface area contributed by atoms with Crippen molar-refractivity contribution in [1.82, 2.24) is 10.3 Å². The molecule has 0 aliphatic heterocycles. The van der Waals surface area contributed by atoms with Gasteiger partial charge < -0.3 is 10.1 Å². The normalized spacial score (nSPS) is 12.0. The zero-order chi connectivity index (χ0) is 15.2. The largest absolute Gasteiger partial charge is 0.434 e. The van der Waals surface area contributed by atoms with E-state index < -0.39 is 12.7 Å². The van der Waals surface area contributed by atoms with E-state index in [2.05, 4.69) is 15.0 Å². The highest BCUT2D eigenvalue weighted by molar-refractivity contribution is 5.94. The summed E-state index contributed by atoms with van der Waals surface area (Å²) < 4.78 is 29.2. The standard InChI is InChI=1S/C15H14F2N2O2/c1-10(19-14(20)11-6-8-18-9-7-11)12-4-2-3-5-13(12)21-15(16)17/h2-10,15H,1H3,(H,19,20)/t10-/m0/s1.